The fraction of sp³-hybridized carbons (Fsp3) is 0.533. The molecule has 1 saturated heterocycles. The van der Waals surface area contributed by atoms with E-state index in [0.29, 0.717) is 13.2 Å². The second kappa shape index (κ2) is 6.17. The van der Waals surface area contributed by atoms with Gasteiger partial charge in [0.15, 0.2) is 6.10 Å². The molecular weight excluding hydrogens is 242 g/mol. The lowest BCUT2D eigenvalue weighted by Gasteiger charge is -2.35. The van der Waals surface area contributed by atoms with Crippen LogP contribution in [0.3, 0.4) is 0 Å². The van der Waals surface area contributed by atoms with Crippen LogP contribution in [0, 0.1) is 0 Å². The maximum Gasteiger partial charge on any atom is 0.254 e. The topological polar surface area (TPSA) is 47.6 Å². The van der Waals surface area contributed by atoms with Crippen molar-refractivity contribution in [2.24, 2.45) is 0 Å². The summed E-state index contributed by atoms with van der Waals surface area (Å²) >= 11 is 0. The van der Waals surface area contributed by atoms with Gasteiger partial charge in [0, 0.05) is 25.9 Å². The maximum absolute atomic E-state index is 12.4. The van der Waals surface area contributed by atoms with Gasteiger partial charge >= 0.3 is 0 Å². The average molecular weight is 263 g/mol. The standard InChI is InChI=1S/C15H21NO3/c1-15(8-10-19-11-9-15)16-14(17)13(18-2)12-6-4-3-5-7-12/h3-7,13H,8-11H2,1-2H3,(H,16,17). The molecule has 19 heavy (non-hydrogen) atoms. The number of ether oxygens (including phenoxy) is 2. The predicted molar refractivity (Wildman–Crippen MR) is 72.8 cm³/mol. The van der Waals surface area contributed by atoms with E-state index in [-0.39, 0.29) is 11.4 Å². The zero-order valence-electron chi connectivity index (χ0n) is 11.5. The Kier molecular flexibility index (Phi) is 4.56. The number of benzene rings is 1. The Bertz CT molecular complexity index is 413. The first-order valence-electron chi connectivity index (χ1n) is 6.62. The van der Waals surface area contributed by atoms with Gasteiger partial charge in [-0.25, -0.2) is 0 Å². The summed E-state index contributed by atoms with van der Waals surface area (Å²) in [6, 6.07) is 9.55. The molecule has 1 fully saturated rings. The maximum atomic E-state index is 12.4. The molecule has 1 aromatic rings. The molecule has 1 aromatic carbocycles. The highest BCUT2D eigenvalue weighted by molar-refractivity contribution is 5.82. The van der Waals surface area contributed by atoms with Gasteiger partial charge in [-0.15, -0.1) is 0 Å². The molecule has 0 spiro atoms. The number of amides is 1. The van der Waals surface area contributed by atoms with Gasteiger partial charge in [-0.05, 0) is 25.3 Å². The van der Waals surface area contributed by atoms with E-state index in [9.17, 15) is 4.79 Å². The SMILES string of the molecule is COC(C(=O)NC1(C)CCOCC1)c1ccccc1. The summed E-state index contributed by atoms with van der Waals surface area (Å²) in [6.45, 7) is 3.45. The van der Waals surface area contributed by atoms with Crippen molar-refractivity contribution in [3.63, 3.8) is 0 Å². The van der Waals surface area contributed by atoms with Gasteiger partial charge in [-0.1, -0.05) is 30.3 Å². The Morgan fingerprint density at radius 3 is 2.53 bits per heavy atom. The first kappa shape index (κ1) is 14.0. The van der Waals surface area contributed by atoms with Crippen molar-refractivity contribution in [2.75, 3.05) is 20.3 Å². The molecule has 2 rings (SSSR count). The van der Waals surface area contributed by atoms with Crippen LogP contribution in [-0.2, 0) is 14.3 Å². The largest absolute Gasteiger partial charge is 0.381 e. The van der Waals surface area contributed by atoms with E-state index >= 15 is 0 Å². The van der Waals surface area contributed by atoms with E-state index < -0.39 is 6.10 Å². The lowest BCUT2D eigenvalue weighted by Crippen LogP contribution is -2.51. The summed E-state index contributed by atoms with van der Waals surface area (Å²) in [5.74, 6) is -0.0851. The molecule has 1 N–H and O–H groups in total. The number of carbonyl (C=O) groups excluding carboxylic acids is 1. The molecule has 1 aliphatic rings. The fourth-order valence-electron chi connectivity index (χ4n) is 2.33. The zero-order valence-corrected chi connectivity index (χ0v) is 11.5. The Morgan fingerprint density at radius 2 is 1.95 bits per heavy atom. The molecule has 1 unspecified atom stereocenters. The Balaban J connectivity index is 2.05. The zero-order chi connectivity index (χ0) is 13.7. The van der Waals surface area contributed by atoms with E-state index in [4.69, 9.17) is 9.47 Å². The fourth-order valence-corrected chi connectivity index (χ4v) is 2.33. The van der Waals surface area contributed by atoms with Crippen molar-refractivity contribution in [1.82, 2.24) is 5.32 Å². The minimum atomic E-state index is -0.555. The number of carbonyl (C=O) groups is 1. The van der Waals surface area contributed by atoms with Crippen LogP contribution in [-0.4, -0.2) is 31.8 Å². The van der Waals surface area contributed by atoms with Gasteiger partial charge in [0.1, 0.15) is 0 Å². The highest BCUT2D eigenvalue weighted by Gasteiger charge is 2.32. The van der Waals surface area contributed by atoms with Gasteiger partial charge < -0.3 is 14.8 Å². The van der Waals surface area contributed by atoms with Crippen LogP contribution in [0.1, 0.15) is 31.4 Å². The molecule has 0 aromatic heterocycles. The van der Waals surface area contributed by atoms with E-state index in [1.54, 1.807) is 7.11 Å². The van der Waals surface area contributed by atoms with Crippen molar-refractivity contribution in [3.8, 4) is 0 Å². The minimum Gasteiger partial charge on any atom is -0.381 e. The second-order valence-electron chi connectivity index (χ2n) is 5.19. The summed E-state index contributed by atoms with van der Waals surface area (Å²) in [5.41, 5.74) is 0.680. The van der Waals surface area contributed by atoms with Crippen LogP contribution in [0.15, 0.2) is 30.3 Å². The molecular formula is C15H21NO3. The van der Waals surface area contributed by atoms with Crippen LogP contribution < -0.4 is 5.32 Å². The molecule has 1 atom stereocenters. The number of methoxy groups -OCH3 is 1. The summed E-state index contributed by atoms with van der Waals surface area (Å²) in [7, 11) is 1.56. The van der Waals surface area contributed by atoms with Crippen LogP contribution >= 0.6 is 0 Å². The number of nitrogens with one attached hydrogen (secondary N) is 1. The Labute approximate surface area is 114 Å². The lowest BCUT2D eigenvalue weighted by atomic mass is 9.92. The van der Waals surface area contributed by atoms with Crippen molar-refractivity contribution in [1.29, 1.82) is 0 Å². The monoisotopic (exact) mass is 263 g/mol. The summed E-state index contributed by atoms with van der Waals surface area (Å²) in [4.78, 5) is 12.4. The molecule has 1 amide bonds. The Hall–Kier alpha value is -1.39. The second-order valence-corrected chi connectivity index (χ2v) is 5.19. The number of hydrogen-bond acceptors (Lipinski definition) is 3. The first-order chi connectivity index (χ1) is 9.14. The molecule has 4 nitrogen and oxygen atoms in total. The third kappa shape index (κ3) is 3.55. The van der Waals surface area contributed by atoms with E-state index in [0.717, 1.165) is 18.4 Å². The third-order valence-electron chi connectivity index (χ3n) is 3.60. The normalized spacial score (nSPS) is 19.7. The summed E-state index contributed by atoms with van der Waals surface area (Å²) in [5, 5.41) is 3.10. The van der Waals surface area contributed by atoms with Gasteiger partial charge in [0.05, 0.1) is 0 Å². The van der Waals surface area contributed by atoms with E-state index in [1.165, 1.54) is 0 Å². The average Bonchev–Trinajstić information content (AvgIpc) is 2.41. The van der Waals surface area contributed by atoms with E-state index in [1.807, 2.05) is 30.3 Å². The van der Waals surface area contributed by atoms with Crippen LogP contribution in [0.5, 0.6) is 0 Å². The van der Waals surface area contributed by atoms with Gasteiger partial charge in [-0.2, -0.15) is 0 Å². The van der Waals surface area contributed by atoms with Crippen LogP contribution in [0.25, 0.3) is 0 Å². The molecule has 1 heterocycles. The number of hydrogen-bond donors (Lipinski definition) is 1. The molecule has 4 heteroatoms. The molecule has 0 saturated carbocycles. The highest BCUT2D eigenvalue weighted by Crippen LogP contribution is 2.23. The molecule has 0 radical (unpaired) electrons. The van der Waals surface area contributed by atoms with Crippen molar-refractivity contribution >= 4 is 5.91 Å². The van der Waals surface area contributed by atoms with Gasteiger partial charge in [0.25, 0.3) is 5.91 Å². The van der Waals surface area contributed by atoms with Crippen molar-refractivity contribution < 1.29 is 14.3 Å². The Morgan fingerprint density at radius 1 is 1.32 bits per heavy atom. The van der Waals surface area contributed by atoms with Gasteiger partial charge in [-0.3, -0.25) is 4.79 Å². The lowest BCUT2D eigenvalue weighted by molar-refractivity contribution is -0.134. The minimum absolute atomic E-state index is 0.0851. The predicted octanol–water partition coefficient (Wildman–Crippen LogP) is 2.06. The van der Waals surface area contributed by atoms with Gasteiger partial charge in [0.2, 0.25) is 0 Å². The smallest absolute Gasteiger partial charge is 0.254 e. The van der Waals surface area contributed by atoms with Crippen molar-refractivity contribution in [3.05, 3.63) is 35.9 Å². The van der Waals surface area contributed by atoms with Crippen molar-refractivity contribution in [2.45, 2.75) is 31.4 Å². The van der Waals surface area contributed by atoms with Crippen LogP contribution in [0.2, 0.25) is 0 Å². The summed E-state index contributed by atoms with van der Waals surface area (Å²) < 4.78 is 10.7. The quantitative estimate of drug-likeness (QED) is 0.904. The molecule has 0 aliphatic carbocycles. The van der Waals surface area contributed by atoms with Crippen LogP contribution in [0.4, 0.5) is 0 Å². The molecule has 0 bridgehead atoms. The first-order valence-corrected chi connectivity index (χ1v) is 6.62. The third-order valence-corrected chi connectivity index (χ3v) is 3.60. The highest BCUT2D eigenvalue weighted by atomic mass is 16.5. The van der Waals surface area contributed by atoms with E-state index in [2.05, 4.69) is 12.2 Å². The molecule has 104 valence electrons. The number of rotatable bonds is 4. The summed E-state index contributed by atoms with van der Waals surface area (Å²) in [6.07, 6.45) is 1.12. The molecule has 1 aliphatic heterocycles.